The van der Waals surface area contributed by atoms with Crippen LogP contribution in [0.1, 0.15) is 31.4 Å². The molecule has 0 saturated carbocycles. The Labute approximate surface area is 186 Å². The summed E-state index contributed by atoms with van der Waals surface area (Å²) < 4.78 is 11.8. The molecule has 6 nitrogen and oxygen atoms in total. The first kappa shape index (κ1) is 23.7. The number of ether oxygens (including phenoxy) is 2. The zero-order chi connectivity index (χ0) is 22.1. The first-order valence-electron chi connectivity index (χ1n) is 9.98. The van der Waals surface area contributed by atoms with Crippen LogP contribution < -0.4 is 14.8 Å². The predicted octanol–water partition coefficient (Wildman–Crippen LogP) is 3.95. The number of aryl methyl sites for hydroxylation is 1. The number of nitrogens with one attached hydrogen (secondary N) is 1. The van der Waals surface area contributed by atoms with Gasteiger partial charge < -0.3 is 19.7 Å². The first-order valence-corrected chi connectivity index (χ1v) is 10.8. The van der Waals surface area contributed by atoms with Crippen LogP contribution in [-0.4, -0.2) is 43.5 Å². The van der Waals surface area contributed by atoms with E-state index >= 15 is 0 Å². The summed E-state index contributed by atoms with van der Waals surface area (Å²) in [6, 6.07) is 12.7. The van der Waals surface area contributed by atoms with E-state index in [9.17, 15) is 9.59 Å². The Kier molecular flexibility index (Phi) is 9.17. The van der Waals surface area contributed by atoms with Gasteiger partial charge in [0.25, 0.3) is 5.91 Å². The Morgan fingerprint density at radius 1 is 1.10 bits per heavy atom. The minimum Gasteiger partial charge on any atom is -0.497 e. The zero-order valence-corrected chi connectivity index (χ0v) is 19.5. The van der Waals surface area contributed by atoms with Crippen molar-refractivity contribution in [1.29, 1.82) is 0 Å². The highest BCUT2D eigenvalue weighted by Gasteiger charge is 2.28. The maximum absolute atomic E-state index is 13.1. The standard InChI is InChI=1S/C23H29BrN2O4/c1-5-16-9-12-21(19(24)13-16)30-15-22(27)26(20(6-2)23(28)25-3)14-17-7-10-18(29-4)11-8-17/h7-13,20H,5-6,14-15H2,1-4H3,(H,25,28). The van der Waals surface area contributed by atoms with Gasteiger partial charge in [0.15, 0.2) is 6.61 Å². The van der Waals surface area contributed by atoms with Gasteiger partial charge in [-0.1, -0.05) is 32.0 Å². The van der Waals surface area contributed by atoms with Gasteiger partial charge in [0.1, 0.15) is 17.5 Å². The number of carbonyl (C=O) groups excluding carboxylic acids is 2. The molecule has 1 unspecified atom stereocenters. The van der Waals surface area contributed by atoms with Crippen molar-refractivity contribution in [3.63, 3.8) is 0 Å². The summed E-state index contributed by atoms with van der Waals surface area (Å²) in [7, 11) is 3.18. The third-order valence-corrected chi connectivity index (χ3v) is 5.52. The first-order chi connectivity index (χ1) is 14.4. The van der Waals surface area contributed by atoms with E-state index in [1.807, 2.05) is 49.4 Å². The molecule has 0 heterocycles. The number of benzene rings is 2. The summed E-state index contributed by atoms with van der Waals surface area (Å²) in [5.74, 6) is 0.872. The largest absolute Gasteiger partial charge is 0.497 e. The van der Waals surface area contributed by atoms with E-state index in [4.69, 9.17) is 9.47 Å². The van der Waals surface area contributed by atoms with Gasteiger partial charge in [-0.15, -0.1) is 0 Å². The van der Waals surface area contributed by atoms with E-state index in [2.05, 4.69) is 28.2 Å². The number of nitrogens with zero attached hydrogens (tertiary/aromatic N) is 1. The number of halogens is 1. The average molecular weight is 477 g/mol. The Morgan fingerprint density at radius 3 is 2.30 bits per heavy atom. The highest BCUT2D eigenvalue weighted by atomic mass is 79.9. The molecule has 0 aromatic heterocycles. The van der Waals surface area contributed by atoms with Crippen LogP contribution >= 0.6 is 15.9 Å². The molecule has 0 bridgehead atoms. The van der Waals surface area contributed by atoms with E-state index in [1.54, 1.807) is 19.1 Å². The van der Waals surface area contributed by atoms with Crippen LogP contribution in [0, 0.1) is 0 Å². The van der Waals surface area contributed by atoms with Gasteiger partial charge >= 0.3 is 0 Å². The molecule has 2 aromatic rings. The monoisotopic (exact) mass is 476 g/mol. The number of carbonyl (C=O) groups is 2. The highest BCUT2D eigenvalue weighted by molar-refractivity contribution is 9.10. The number of hydrogen-bond donors (Lipinski definition) is 1. The van der Waals surface area contributed by atoms with E-state index in [0.717, 1.165) is 22.2 Å². The lowest BCUT2D eigenvalue weighted by Crippen LogP contribution is -2.49. The fourth-order valence-corrected chi connectivity index (χ4v) is 3.66. The van der Waals surface area contributed by atoms with Crippen LogP contribution in [0.3, 0.4) is 0 Å². The third-order valence-electron chi connectivity index (χ3n) is 4.90. The van der Waals surface area contributed by atoms with Gasteiger partial charge in [0.2, 0.25) is 5.91 Å². The number of rotatable bonds is 10. The predicted molar refractivity (Wildman–Crippen MR) is 121 cm³/mol. The molecule has 162 valence electrons. The minimum atomic E-state index is -0.584. The lowest BCUT2D eigenvalue weighted by molar-refractivity contribution is -0.142. The molecule has 0 radical (unpaired) electrons. The molecule has 0 aliphatic heterocycles. The number of hydrogen-bond acceptors (Lipinski definition) is 4. The number of methoxy groups -OCH3 is 1. The van der Waals surface area contributed by atoms with Crippen LogP contribution in [0.4, 0.5) is 0 Å². The molecule has 0 aliphatic carbocycles. The normalized spacial score (nSPS) is 11.5. The Morgan fingerprint density at radius 2 is 1.77 bits per heavy atom. The van der Waals surface area contributed by atoms with Gasteiger partial charge in [-0.05, 0) is 64.2 Å². The molecule has 0 spiro atoms. The fourth-order valence-electron chi connectivity index (χ4n) is 3.12. The van der Waals surface area contributed by atoms with Crippen LogP contribution in [0.5, 0.6) is 11.5 Å². The smallest absolute Gasteiger partial charge is 0.261 e. The van der Waals surface area contributed by atoms with Crippen LogP contribution in [0.25, 0.3) is 0 Å². The molecule has 0 saturated heterocycles. The van der Waals surface area contributed by atoms with Crippen molar-refractivity contribution in [3.05, 3.63) is 58.1 Å². The topological polar surface area (TPSA) is 67.9 Å². The second kappa shape index (κ2) is 11.6. The lowest BCUT2D eigenvalue weighted by atomic mass is 10.1. The van der Waals surface area contributed by atoms with Gasteiger partial charge in [-0.25, -0.2) is 0 Å². The van der Waals surface area contributed by atoms with E-state index < -0.39 is 6.04 Å². The third kappa shape index (κ3) is 6.23. The van der Waals surface area contributed by atoms with Crippen molar-refractivity contribution in [2.75, 3.05) is 20.8 Å². The lowest BCUT2D eigenvalue weighted by Gasteiger charge is -2.30. The van der Waals surface area contributed by atoms with Gasteiger partial charge in [0.05, 0.1) is 11.6 Å². The van der Waals surface area contributed by atoms with Crippen molar-refractivity contribution < 1.29 is 19.1 Å². The van der Waals surface area contributed by atoms with E-state index in [-0.39, 0.29) is 18.4 Å². The van der Waals surface area contributed by atoms with Crippen molar-refractivity contribution in [3.8, 4) is 11.5 Å². The summed E-state index contributed by atoms with van der Waals surface area (Å²) in [4.78, 5) is 27.0. The quantitative estimate of drug-likeness (QED) is 0.563. The molecule has 30 heavy (non-hydrogen) atoms. The molecule has 2 aromatic carbocycles. The maximum atomic E-state index is 13.1. The maximum Gasteiger partial charge on any atom is 0.261 e. The molecule has 7 heteroatoms. The van der Waals surface area contributed by atoms with Crippen molar-refractivity contribution >= 4 is 27.7 Å². The van der Waals surface area contributed by atoms with E-state index in [1.165, 1.54) is 5.56 Å². The summed E-state index contributed by atoms with van der Waals surface area (Å²) in [5.41, 5.74) is 2.08. The second-order valence-corrected chi connectivity index (χ2v) is 7.67. The number of likely N-dealkylation sites (N-methyl/N-ethyl adjacent to an activating group) is 1. The Hall–Kier alpha value is -2.54. The Balaban J connectivity index is 2.19. The molecule has 0 aliphatic rings. The molecular formula is C23H29BrN2O4. The number of amides is 2. The van der Waals surface area contributed by atoms with Crippen LogP contribution in [0.15, 0.2) is 46.9 Å². The van der Waals surface area contributed by atoms with Crippen LogP contribution in [0.2, 0.25) is 0 Å². The van der Waals surface area contributed by atoms with Crippen LogP contribution in [-0.2, 0) is 22.6 Å². The summed E-state index contributed by atoms with van der Waals surface area (Å²) in [5, 5.41) is 2.65. The molecule has 1 N–H and O–H groups in total. The van der Waals surface area contributed by atoms with Gasteiger partial charge in [-0.3, -0.25) is 9.59 Å². The average Bonchev–Trinajstić information content (AvgIpc) is 2.77. The van der Waals surface area contributed by atoms with E-state index in [0.29, 0.717) is 18.7 Å². The summed E-state index contributed by atoms with van der Waals surface area (Å²) in [6.07, 6.45) is 1.41. The summed E-state index contributed by atoms with van der Waals surface area (Å²) in [6.45, 7) is 4.10. The second-order valence-electron chi connectivity index (χ2n) is 6.82. The van der Waals surface area contributed by atoms with Gasteiger partial charge in [0, 0.05) is 13.6 Å². The SMILES string of the molecule is CCc1ccc(OCC(=O)N(Cc2ccc(OC)cc2)C(CC)C(=O)NC)c(Br)c1. The fraction of sp³-hybridized carbons (Fsp3) is 0.391. The van der Waals surface area contributed by atoms with Crippen molar-refractivity contribution in [2.45, 2.75) is 39.3 Å². The molecule has 0 fully saturated rings. The molecule has 1 atom stereocenters. The zero-order valence-electron chi connectivity index (χ0n) is 17.9. The highest BCUT2D eigenvalue weighted by Crippen LogP contribution is 2.26. The summed E-state index contributed by atoms with van der Waals surface area (Å²) >= 11 is 3.49. The molecule has 2 amide bonds. The van der Waals surface area contributed by atoms with Gasteiger partial charge in [-0.2, -0.15) is 0 Å². The van der Waals surface area contributed by atoms with Crippen molar-refractivity contribution in [2.24, 2.45) is 0 Å². The Bertz CT molecular complexity index is 855. The molecule has 2 rings (SSSR count). The molecular weight excluding hydrogens is 448 g/mol. The minimum absolute atomic E-state index is 0.159. The van der Waals surface area contributed by atoms with Crippen molar-refractivity contribution in [1.82, 2.24) is 10.2 Å².